The Hall–Kier alpha value is -3.15. The fourth-order valence-corrected chi connectivity index (χ4v) is 2.60. The van der Waals surface area contributed by atoms with Crippen molar-refractivity contribution in [3.8, 4) is 0 Å². The molecule has 6 heteroatoms. The van der Waals surface area contributed by atoms with Crippen molar-refractivity contribution >= 4 is 39.4 Å². The highest BCUT2D eigenvalue weighted by atomic mass is 16.4. The number of rotatable bonds is 5. The quantitative estimate of drug-likeness (QED) is 0.638. The zero-order valence-electron chi connectivity index (χ0n) is 12.0. The van der Waals surface area contributed by atoms with Crippen LogP contribution in [0.4, 0.5) is 5.69 Å². The van der Waals surface area contributed by atoms with Crippen LogP contribution in [0.1, 0.15) is 6.42 Å². The third-order valence-corrected chi connectivity index (χ3v) is 3.64. The molecule has 0 unspecified atom stereocenters. The minimum Gasteiger partial charge on any atom is -0.550 e. The van der Waals surface area contributed by atoms with E-state index in [0.29, 0.717) is 5.69 Å². The van der Waals surface area contributed by atoms with Gasteiger partial charge in [-0.1, -0.05) is 24.3 Å². The van der Waals surface area contributed by atoms with Gasteiger partial charge in [-0.05, 0) is 12.1 Å². The predicted molar refractivity (Wildman–Crippen MR) is 80.1 cm³/mol. The molecule has 0 aliphatic carbocycles. The first kappa shape index (κ1) is 14.8. The summed E-state index contributed by atoms with van der Waals surface area (Å²) < 4.78 is 0. The maximum Gasteiger partial charge on any atom is 0.213 e. The standard InChI is InChI=1S/C17H14N2O4/c20-15(21)9-14(17(22)23)19-16-10-5-1-3-7-12(10)18-13-8-4-2-6-11(13)16/h1-8,14H,9H2,(H,18,19)(H,20,21)(H,22,23)/p-1/t14-/m0/s1. The molecule has 0 aliphatic heterocycles. The van der Waals surface area contributed by atoms with Gasteiger partial charge in [-0.2, -0.15) is 0 Å². The van der Waals surface area contributed by atoms with Crippen LogP contribution in [0.2, 0.25) is 0 Å². The first-order valence-electron chi connectivity index (χ1n) is 7.06. The summed E-state index contributed by atoms with van der Waals surface area (Å²) in [6, 6.07) is 13.3. The molecule has 6 nitrogen and oxygen atoms in total. The summed E-state index contributed by atoms with van der Waals surface area (Å²) in [4.78, 5) is 25.3. The van der Waals surface area contributed by atoms with Crippen LogP contribution in [0.25, 0.3) is 21.8 Å². The molecular formula is C17H13N2O4-. The molecule has 1 aromatic heterocycles. The van der Waals surface area contributed by atoms with Crippen molar-refractivity contribution in [1.29, 1.82) is 0 Å². The van der Waals surface area contributed by atoms with Gasteiger partial charge in [-0.3, -0.25) is 0 Å². The Balaban J connectivity index is 2.19. The summed E-state index contributed by atoms with van der Waals surface area (Å²) in [6.45, 7) is 0. The zero-order chi connectivity index (χ0) is 16.4. The lowest BCUT2D eigenvalue weighted by molar-refractivity contribution is -0.316. The van der Waals surface area contributed by atoms with Gasteiger partial charge in [-0.15, -0.1) is 0 Å². The Morgan fingerprint density at radius 3 is 1.96 bits per heavy atom. The molecule has 2 aromatic carbocycles. The van der Waals surface area contributed by atoms with Gasteiger partial charge in [0.2, 0.25) is 11.0 Å². The number of hydrogen-bond acceptors (Lipinski definition) is 5. The second-order valence-electron chi connectivity index (χ2n) is 5.18. The molecule has 0 spiro atoms. The lowest BCUT2D eigenvalue weighted by Crippen LogP contribution is -2.44. The smallest absolute Gasteiger partial charge is 0.213 e. The number of aliphatic carboxylic acids is 2. The van der Waals surface area contributed by atoms with Gasteiger partial charge < -0.3 is 25.1 Å². The van der Waals surface area contributed by atoms with Crippen molar-refractivity contribution in [2.75, 3.05) is 5.32 Å². The van der Waals surface area contributed by atoms with E-state index in [1.165, 1.54) is 0 Å². The van der Waals surface area contributed by atoms with Gasteiger partial charge in [0, 0.05) is 24.5 Å². The highest BCUT2D eigenvalue weighted by Gasteiger charge is 2.17. The average Bonchev–Trinajstić information content (AvgIpc) is 2.53. The summed E-state index contributed by atoms with van der Waals surface area (Å²) in [7, 11) is 0. The van der Waals surface area contributed by atoms with Crippen molar-refractivity contribution in [2.24, 2.45) is 0 Å². The Kier molecular flexibility index (Phi) is 3.80. The number of aromatic amines is 1. The third kappa shape index (κ3) is 2.91. The van der Waals surface area contributed by atoms with Crippen LogP contribution in [-0.2, 0) is 9.59 Å². The van der Waals surface area contributed by atoms with E-state index in [1.54, 1.807) is 0 Å². The number of para-hydroxylation sites is 2. The fraction of sp³-hybridized carbons (Fsp3) is 0.118. The van der Waals surface area contributed by atoms with Crippen LogP contribution in [0.15, 0.2) is 48.5 Å². The minimum absolute atomic E-state index is 0.547. The van der Waals surface area contributed by atoms with Crippen LogP contribution in [-0.4, -0.2) is 18.0 Å². The van der Waals surface area contributed by atoms with Gasteiger partial charge in [0.05, 0.1) is 28.5 Å². The molecular weight excluding hydrogens is 296 g/mol. The monoisotopic (exact) mass is 309 g/mol. The molecule has 0 aliphatic rings. The first-order valence-corrected chi connectivity index (χ1v) is 7.06. The molecule has 1 heterocycles. The molecule has 3 aromatic rings. The number of carboxylic acids is 2. The van der Waals surface area contributed by atoms with Gasteiger partial charge in [0.15, 0.2) is 0 Å². The summed E-state index contributed by atoms with van der Waals surface area (Å²) in [5.41, 5.74) is 2.16. The van der Waals surface area contributed by atoms with Crippen LogP contribution in [0.3, 0.4) is 0 Å². The molecule has 0 radical (unpaired) electrons. The van der Waals surface area contributed by atoms with Crippen molar-refractivity contribution in [1.82, 2.24) is 0 Å². The number of nitrogens with one attached hydrogen (secondary N) is 2. The lowest BCUT2D eigenvalue weighted by atomic mass is 10.1. The van der Waals surface area contributed by atoms with Crippen LogP contribution >= 0.6 is 0 Å². The molecule has 0 saturated carbocycles. The summed E-state index contributed by atoms with van der Waals surface area (Å²) in [5.74, 6) is -2.95. The Bertz CT molecular complexity index is 853. The fourth-order valence-electron chi connectivity index (χ4n) is 2.60. The highest BCUT2D eigenvalue weighted by Crippen LogP contribution is 2.29. The van der Waals surface area contributed by atoms with E-state index in [4.69, 9.17) is 0 Å². The van der Waals surface area contributed by atoms with E-state index in [-0.39, 0.29) is 0 Å². The molecule has 2 N–H and O–H groups in total. The Morgan fingerprint density at radius 1 is 0.957 bits per heavy atom. The summed E-state index contributed by atoms with van der Waals surface area (Å²) in [6.07, 6.45) is -0.677. The second kappa shape index (κ2) is 5.92. The van der Waals surface area contributed by atoms with Crippen molar-refractivity contribution < 1.29 is 24.8 Å². The molecule has 23 heavy (non-hydrogen) atoms. The number of carbonyl (C=O) groups is 2. The molecule has 3 rings (SSSR count). The molecule has 116 valence electrons. The first-order chi connectivity index (χ1) is 11.1. The number of hydrogen-bond donors (Lipinski definition) is 1. The molecule has 1 atom stereocenters. The number of aromatic nitrogens is 1. The Morgan fingerprint density at radius 2 is 1.48 bits per heavy atom. The normalized spacial score (nSPS) is 12.2. The topological polar surface area (TPSA) is 106 Å². The van der Waals surface area contributed by atoms with E-state index in [1.807, 2.05) is 48.5 Å². The van der Waals surface area contributed by atoms with Gasteiger partial charge in [-0.25, -0.2) is 4.98 Å². The van der Waals surface area contributed by atoms with Gasteiger partial charge in [0.1, 0.15) is 0 Å². The number of H-pyrrole nitrogens is 1. The number of carbonyl (C=O) groups excluding carboxylic acids is 2. The number of carboxylic acid groups (broad SMARTS) is 2. The maximum absolute atomic E-state index is 11.2. The molecule has 0 fully saturated rings. The predicted octanol–water partition coefficient (Wildman–Crippen LogP) is -0.523. The van der Waals surface area contributed by atoms with Crippen LogP contribution < -0.4 is 20.5 Å². The largest absolute Gasteiger partial charge is 0.550 e. The van der Waals surface area contributed by atoms with E-state index in [0.717, 1.165) is 21.8 Å². The zero-order valence-corrected chi connectivity index (χ0v) is 12.0. The maximum atomic E-state index is 11.2. The number of pyridine rings is 1. The van der Waals surface area contributed by atoms with Gasteiger partial charge in [0.25, 0.3) is 0 Å². The van der Waals surface area contributed by atoms with Crippen LogP contribution in [0, 0.1) is 0 Å². The van der Waals surface area contributed by atoms with Crippen molar-refractivity contribution in [3.63, 3.8) is 0 Å². The second-order valence-corrected chi connectivity index (χ2v) is 5.18. The number of fused-ring (bicyclic) bond motifs is 2. The number of benzene rings is 2. The van der Waals surface area contributed by atoms with Gasteiger partial charge >= 0.3 is 0 Å². The van der Waals surface area contributed by atoms with E-state index < -0.39 is 24.4 Å². The van der Waals surface area contributed by atoms with Crippen molar-refractivity contribution in [3.05, 3.63) is 48.5 Å². The average molecular weight is 309 g/mol. The molecule has 0 bridgehead atoms. The summed E-state index contributed by atoms with van der Waals surface area (Å²) in [5, 5.41) is 26.3. The SMILES string of the molecule is O=C([O-])C[C@H](Nc1c2ccccc2[nH+]c2ccccc12)C(=O)[O-]. The molecule has 0 saturated heterocycles. The summed E-state index contributed by atoms with van der Waals surface area (Å²) >= 11 is 0. The van der Waals surface area contributed by atoms with Crippen LogP contribution in [0.5, 0.6) is 0 Å². The van der Waals surface area contributed by atoms with Crippen molar-refractivity contribution in [2.45, 2.75) is 12.5 Å². The lowest BCUT2D eigenvalue weighted by Gasteiger charge is -2.22. The number of anilines is 1. The Labute approximate surface area is 131 Å². The van der Waals surface area contributed by atoms with E-state index >= 15 is 0 Å². The van der Waals surface area contributed by atoms with E-state index in [9.17, 15) is 19.8 Å². The van der Waals surface area contributed by atoms with E-state index in [2.05, 4.69) is 10.3 Å². The third-order valence-electron chi connectivity index (χ3n) is 3.64. The highest BCUT2D eigenvalue weighted by molar-refractivity contribution is 6.05. The minimum atomic E-state index is -1.49. The molecule has 0 amide bonds.